The summed E-state index contributed by atoms with van der Waals surface area (Å²) in [7, 11) is 3.63. The fourth-order valence-corrected chi connectivity index (χ4v) is 1.80. The number of nitrogens with zero attached hydrogens (tertiary/aromatic N) is 2. The molecule has 1 saturated heterocycles. The summed E-state index contributed by atoms with van der Waals surface area (Å²) in [6.07, 6.45) is 4.66. The number of barbiturate groups is 1. The van der Waals surface area contributed by atoms with E-state index in [1.54, 1.807) is 47.5 Å². The molecule has 1 fully saturated rings. The summed E-state index contributed by atoms with van der Waals surface area (Å²) in [5.74, 6) is -1.33. The van der Waals surface area contributed by atoms with E-state index in [-0.39, 0.29) is 5.57 Å². The molecule has 0 aliphatic carbocycles. The van der Waals surface area contributed by atoms with Crippen molar-refractivity contribution in [3.8, 4) is 0 Å². The predicted octanol–water partition coefficient (Wildman–Crippen LogP) is 1.27. The SMILES string of the molecule is CN(C)C=CC=C1C(=O)NC(=O)N(c2ccccc2)C1=O. The lowest BCUT2D eigenvalue weighted by molar-refractivity contribution is -0.122. The molecule has 6 heteroatoms. The smallest absolute Gasteiger partial charge is 0.335 e. The largest absolute Gasteiger partial charge is 0.383 e. The lowest BCUT2D eigenvalue weighted by atomic mass is 10.1. The first-order chi connectivity index (χ1) is 10.0. The highest BCUT2D eigenvalue weighted by atomic mass is 16.2. The lowest BCUT2D eigenvalue weighted by Crippen LogP contribution is -2.54. The van der Waals surface area contributed by atoms with Crippen molar-refractivity contribution in [2.45, 2.75) is 0 Å². The minimum absolute atomic E-state index is 0.0865. The molecule has 1 heterocycles. The van der Waals surface area contributed by atoms with Crippen LogP contribution in [0, 0.1) is 0 Å². The number of nitrogens with one attached hydrogen (secondary N) is 1. The molecule has 108 valence electrons. The van der Waals surface area contributed by atoms with Gasteiger partial charge in [0.2, 0.25) is 0 Å². The van der Waals surface area contributed by atoms with Gasteiger partial charge >= 0.3 is 6.03 Å². The fraction of sp³-hybridized carbons (Fsp3) is 0.133. The van der Waals surface area contributed by atoms with Crippen LogP contribution in [0.25, 0.3) is 0 Å². The van der Waals surface area contributed by atoms with Crippen molar-refractivity contribution < 1.29 is 14.4 Å². The monoisotopic (exact) mass is 285 g/mol. The molecule has 1 aromatic rings. The van der Waals surface area contributed by atoms with Crippen LogP contribution in [0.5, 0.6) is 0 Å². The zero-order valence-corrected chi connectivity index (χ0v) is 11.7. The molecule has 6 nitrogen and oxygen atoms in total. The van der Waals surface area contributed by atoms with E-state index in [1.807, 2.05) is 14.1 Å². The predicted molar refractivity (Wildman–Crippen MR) is 78.4 cm³/mol. The highest BCUT2D eigenvalue weighted by Crippen LogP contribution is 2.19. The number of rotatable bonds is 3. The van der Waals surface area contributed by atoms with Crippen molar-refractivity contribution >= 4 is 23.5 Å². The average Bonchev–Trinajstić information content (AvgIpc) is 2.43. The molecule has 0 radical (unpaired) electrons. The van der Waals surface area contributed by atoms with Crippen LogP contribution in [0.3, 0.4) is 0 Å². The van der Waals surface area contributed by atoms with Gasteiger partial charge in [-0.25, -0.2) is 9.69 Å². The first-order valence-electron chi connectivity index (χ1n) is 6.30. The van der Waals surface area contributed by atoms with Crippen molar-refractivity contribution in [1.82, 2.24) is 10.2 Å². The number of urea groups is 1. The van der Waals surface area contributed by atoms with Gasteiger partial charge in [-0.15, -0.1) is 0 Å². The number of anilines is 1. The molecule has 1 N–H and O–H groups in total. The van der Waals surface area contributed by atoms with E-state index >= 15 is 0 Å². The minimum Gasteiger partial charge on any atom is -0.383 e. The van der Waals surface area contributed by atoms with Crippen LogP contribution in [-0.4, -0.2) is 36.8 Å². The van der Waals surface area contributed by atoms with Crippen LogP contribution in [0.1, 0.15) is 0 Å². The molecular formula is C15H15N3O3. The number of amides is 4. The van der Waals surface area contributed by atoms with E-state index in [0.717, 1.165) is 4.90 Å². The summed E-state index contributed by atoms with van der Waals surface area (Å²) in [6.45, 7) is 0. The van der Waals surface area contributed by atoms with Crippen LogP contribution in [-0.2, 0) is 9.59 Å². The number of allylic oxidation sites excluding steroid dienone is 2. The van der Waals surface area contributed by atoms with Gasteiger partial charge in [-0.2, -0.15) is 0 Å². The summed E-state index contributed by atoms with van der Waals surface area (Å²) >= 11 is 0. The maximum absolute atomic E-state index is 12.4. The second-order valence-corrected chi connectivity index (χ2v) is 4.62. The Bertz CT molecular complexity index is 633. The minimum atomic E-state index is -0.745. The molecule has 0 spiro atoms. The Hall–Kier alpha value is -2.89. The van der Waals surface area contributed by atoms with Crippen molar-refractivity contribution in [3.63, 3.8) is 0 Å². The molecule has 1 aromatic carbocycles. The Balaban J connectivity index is 2.34. The van der Waals surface area contributed by atoms with Gasteiger partial charge in [-0.3, -0.25) is 14.9 Å². The average molecular weight is 285 g/mol. The third-order valence-electron chi connectivity index (χ3n) is 2.76. The first-order valence-corrected chi connectivity index (χ1v) is 6.30. The van der Waals surface area contributed by atoms with E-state index in [0.29, 0.717) is 5.69 Å². The number of para-hydroxylation sites is 1. The van der Waals surface area contributed by atoms with Gasteiger partial charge in [0.15, 0.2) is 0 Å². The maximum atomic E-state index is 12.4. The van der Waals surface area contributed by atoms with Crippen LogP contribution in [0.2, 0.25) is 0 Å². The molecular weight excluding hydrogens is 270 g/mol. The number of carbonyl (C=O) groups excluding carboxylic acids is 3. The van der Waals surface area contributed by atoms with Gasteiger partial charge in [-0.05, 0) is 30.5 Å². The van der Waals surface area contributed by atoms with Crippen LogP contribution in [0.4, 0.5) is 10.5 Å². The fourth-order valence-electron chi connectivity index (χ4n) is 1.80. The molecule has 0 aromatic heterocycles. The molecule has 0 bridgehead atoms. The number of hydrogen-bond donors (Lipinski definition) is 1. The van der Waals surface area contributed by atoms with Crippen molar-refractivity contribution in [1.29, 1.82) is 0 Å². The van der Waals surface area contributed by atoms with Gasteiger partial charge < -0.3 is 4.90 Å². The number of benzene rings is 1. The maximum Gasteiger partial charge on any atom is 0.335 e. The molecule has 4 amide bonds. The molecule has 2 rings (SSSR count). The van der Waals surface area contributed by atoms with Gasteiger partial charge in [0.05, 0.1) is 5.69 Å². The zero-order chi connectivity index (χ0) is 15.4. The van der Waals surface area contributed by atoms with E-state index in [9.17, 15) is 14.4 Å². The zero-order valence-electron chi connectivity index (χ0n) is 11.7. The van der Waals surface area contributed by atoms with Crippen molar-refractivity contribution in [2.75, 3.05) is 19.0 Å². The molecule has 0 atom stereocenters. The second kappa shape index (κ2) is 6.04. The van der Waals surface area contributed by atoms with E-state index in [4.69, 9.17) is 0 Å². The standard InChI is InChI=1S/C15H15N3O3/c1-17(2)10-6-9-12-13(19)16-15(21)18(14(12)20)11-7-4-3-5-8-11/h3-10H,1-2H3,(H,16,19,21). The van der Waals surface area contributed by atoms with Crippen molar-refractivity contribution in [3.05, 3.63) is 54.3 Å². The molecule has 21 heavy (non-hydrogen) atoms. The summed E-state index contributed by atoms with van der Waals surface area (Å²) in [6, 6.07) is 7.70. The Kier molecular flexibility index (Phi) is 4.18. The van der Waals surface area contributed by atoms with Crippen LogP contribution < -0.4 is 10.2 Å². The molecule has 1 aliphatic heterocycles. The molecule has 0 saturated carbocycles. The number of hydrogen-bond acceptors (Lipinski definition) is 4. The number of imide groups is 2. The summed E-state index contributed by atoms with van der Waals surface area (Å²) in [5, 5.41) is 2.16. The lowest BCUT2D eigenvalue weighted by Gasteiger charge is -2.26. The second-order valence-electron chi connectivity index (χ2n) is 4.62. The summed E-state index contributed by atoms with van der Waals surface area (Å²) < 4.78 is 0. The van der Waals surface area contributed by atoms with Crippen LogP contribution >= 0.6 is 0 Å². The molecule has 0 unspecified atom stereocenters. The quantitative estimate of drug-likeness (QED) is 0.670. The Morgan fingerprint density at radius 3 is 2.38 bits per heavy atom. The highest BCUT2D eigenvalue weighted by molar-refractivity contribution is 6.37. The van der Waals surface area contributed by atoms with Gasteiger partial charge in [0, 0.05) is 14.1 Å². The summed E-state index contributed by atoms with van der Waals surface area (Å²) in [5.41, 5.74) is 0.326. The van der Waals surface area contributed by atoms with Gasteiger partial charge in [0.25, 0.3) is 11.8 Å². The molecule has 1 aliphatic rings. The van der Waals surface area contributed by atoms with Gasteiger partial charge in [-0.1, -0.05) is 18.2 Å². The Morgan fingerprint density at radius 2 is 1.76 bits per heavy atom. The summed E-state index contributed by atoms with van der Waals surface area (Å²) in [4.78, 5) is 38.7. The van der Waals surface area contributed by atoms with E-state index < -0.39 is 17.8 Å². The topological polar surface area (TPSA) is 69.7 Å². The normalized spacial score (nSPS) is 17.5. The first kappa shape index (κ1) is 14.5. The highest BCUT2D eigenvalue weighted by Gasteiger charge is 2.36. The van der Waals surface area contributed by atoms with Gasteiger partial charge in [0.1, 0.15) is 5.57 Å². The Labute approximate surface area is 122 Å². The Morgan fingerprint density at radius 1 is 1.10 bits per heavy atom. The van der Waals surface area contributed by atoms with Crippen molar-refractivity contribution in [2.24, 2.45) is 0 Å². The van der Waals surface area contributed by atoms with Crippen LogP contribution in [0.15, 0.2) is 54.3 Å². The van der Waals surface area contributed by atoms with E-state index in [2.05, 4.69) is 5.32 Å². The third kappa shape index (κ3) is 3.17. The number of carbonyl (C=O) groups is 3. The third-order valence-corrected chi connectivity index (χ3v) is 2.76. The van der Waals surface area contributed by atoms with E-state index in [1.165, 1.54) is 6.08 Å².